The maximum Gasteiger partial charge on any atom is 0.355 e. The van der Waals surface area contributed by atoms with E-state index in [1.165, 1.54) is 23.8 Å². The minimum absolute atomic E-state index is 0.0701. The summed E-state index contributed by atoms with van der Waals surface area (Å²) in [5, 5.41) is -0.120. The van der Waals surface area contributed by atoms with Crippen molar-refractivity contribution in [2.24, 2.45) is 0 Å². The van der Waals surface area contributed by atoms with Crippen LogP contribution >= 0.6 is 27.7 Å². The van der Waals surface area contributed by atoms with Gasteiger partial charge in [0, 0.05) is 10.2 Å². The Kier molecular flexibility index (Phi) is 6.01. The summed E-state index contributed by atoms with van der Waals surface area (Å²) in [5.41, 5.74) is -2.38. The monoisotopic (exact) mass is 471 g/mol. The highest BCUT2D eigenvalue weighted by Gasteiger charge is 2.59. The van der Waals surface area contributed by atoms with Crippen LogP contribution in [0.5, 0.6) is 0 Å². The Hall–Kier alpha value is -2.04. The minimum atomic E-state index is -1.87. The van der Waals surface area contributed by atoms with Crippen LogP contribution in [0.4, 0.5) is 5.69 Å². The number of anilines is 1. The first-order valence-electron chi connectivity index (χ1n) is 8.32. The molecule has 2 aliphatic heterocycles. The van der Waals surface area contributed by atoms with Gasteiger partial charge in [0.15, 0.2) is 5.56 Å². The molecule has 0 bridgehead atoms. The SMILES string of the molecule is CCOC(=O)C1(CBr)OC2Sc3ccccc3N2C(C(=O)OC)=C1C(=O)OC. The number of halogens is 1. The van der Waals surface area contributed by atoms with Crippen molar-refractivity contribution in [1.82, 2.24) is 0 Å². The Morgan fingerprint density at radius 3 is 2.50 bits per heavy atom. The van der Waals surface area contributed by atoms with Gasteiger partial charge in [-0.15, -0.1) is 0 Å². The van der Waals surface area contributed by atoms with Gasteiger partial charge < -0.3 is 18.9 Å². The zero-order valence-corrected chi connectivity index (χ0v) is 17.8. The summed E-state index contributed by atoms with van der Waals surface area (Å²) in [6.07, 6.45) is 0. The van der Waals surface area contributed by atoms with Crippen molar-refractivity contribution in [3.63, 3.8) is 0 Å². The fourth-order valence-corrected chi connectivity index (χ4v) is 4.93. The van der Waals surface area contributed by atoms with Crippen molar-refractivity contribution in [3.05, 3.63) is 35.5 Å². The number of carbonyl (C=O) groups excluding carboxylic acids is 3. The molecule has 0 saturated heterocycles. The van der Waals surface area contributed by atoms with Crippen LogP contribution in [0.3, 0.4) is 0 Å². The largest absolute Gasteiger partial charge is 0.466 e. The van der Waals surface area contributed by atoms with Crippen molar-refractivity contribution < 1.29 is 33.3 Å². The molecule has 2 heterocycles. The Morgan fingerprint density at radius 2 is 1.89 bits per heavy atom. The highest BCUT2D eigenvalue weighted by Crippen LogP contribution is 2.52. The van der Waals surface area contributed by atoms with Crippen LogP contribution in [0.2, 0.25) is 0 Å². The molecule has 1 aromatic rings. The van der Waals surface area contributed by atoms with E-state index in [2.05, 4.69) is 15.9 Å². The summed E-state index contributed by atoms with van der Waals surface area (Å²) in [6.45, 7) is 1.71. The molecule has 10 heteroatoms. The van der Waals surface area contributed by atoms with Gasteiger partial charge in [-0.2, -0.15) is 0 Å². The van der Waals surface area contributed by atoms with Crippen molar-refractivity contribution in [3.8, 4) is 0 Å². The smallest absolute Gasteiger partial charge is 0.355 e. The molecule has 8 nitrogen and oxygen atoms in total. The summed E-state index contributed by atoms with van der Waals surface area (Å²) in [4.78, 5) is 40.8. The molecule has 1 aromatic carbocycles. The Bertz CT molecular complexity index is 858. The molecule has 150 valence electrons. The predicted octanol–water partition coefficient (Wildman–Crippen LogP) is 2.21. The number of hydrogen-bond acceptors (Lipinski definition) is 9. The summed E-state index contributed by atoms with van der Waals surface area (Å²) in [6, 6.07) is 7.28. The lowest BCUT2D eigenvalue weighted by Gasteiger charge is -2.42. The van der Waals surface area contributed by atoms with E-state index in [9.17, 15) is 14.4 Å². The molecule has 0 N–H and O–H groups in total. The van der Waals surface area contributed by atoms with Crippen LogP contribution in [-0.4, -0.2) is 55.2 Å². The summed E-state index contributed by atoms with van der Waals surface area (Å²) >= 11 is 4.57. The summed E-state index contributed by atoms with van der Waals surface area (Å²) in [5.74, 6) is -2.48. The van der Waals surface area contributed by atoms with E-state index in [0.29, 0.717) is 5.69 Å². The minimum Gasteiger partial charge on any atom is -0.466 e. The van der Waals surface area contributed by atoms with E-state index >= 15 is 0 Å². The third-order valence-electron chi connectivity index (χ3n) is 4.31. The van der Waals surface area contributed by atoms with E-state index < -0.39 is 29.1 Å². The number of thioether (sulfide) groups is 1. The van der Waals surface area contributed by atoms with Gasteiger partial charge in [0.05, 0.1) is 26.5 Å². The molecular weight excluding hydrogens is 454 g/mol. The predicted molar refractivity (Wildman–Crippen MR) is 104 cm³/mol. The summed E-state index contributed by atoms with van der Waals surface area (Å²) < 4.78 is 21.1. The van der Waals surface area contributed by atoms with Gasteiger partial charge in [-0.3, -0.25) is 4.90 Å². The number of ether oxygens (including phenoxy) is 4. The summed E-state index contributed by atoms with van der Waals surface area (Å²) in [7, 11) is 2.36. The molecule has 0 spiro atoms. The normalized spacial score (nSPS) is 23.0. The molecule has 2 atom stereocenters. The quantitative estimate of drug-likeness (QED) is 0.364. The molecule has 2 aliphatic rings. The number of carbonyl (C=O) groups is 3. The second kappa shape index (κ2) is 8.14. The zero-order chi connectivity index (χ0) is 20.5. The maximum absolute atomic E-state index is 12.9. The second-order valence-electron chi connectivity index (χ2n) is 5.77. The molecule has 0 aliphatic carbocycles. The zero-order valence-electron chi connectivity index (χ0n) is 15.4. The number of benzene rings is 1. The fraction of sp³-hybridized carbons (Fsp3) is 0.389. The van der Waals surface area contributed by atoms with Crippen LogP contribution < -0.4 is 4.90 Å². The fourth-order valence-electron chi connectivity index (χ4n) is 3.09. The van der Waals surface area contributed by atoms with Gasteiger partial charge in [-0.05, 0) is 19.1 Å². The van der Waals surface area contributed by atoms with E-state index in [1.807, 2.05) is 12.1 Å². The lowest BCUT2D eigenvalue weighted by molar-refractivity contribution is -0.171. The third-order valence-corrected chi connectivity index (χ3v) is 6.21. The lowest BCUT2D eigenvalue weighted by Crippen LogP contribution is -2.58. The Labute approximate surface area is 174 Å². The number of alkyl halides is 1. The van der Waals surface area contributed by atoms with Crippen molar-refractivity contribution in [2.45, 2.75) is 23.0 Å². The average molecular weight is 472 g/mol. The van der Waals surface area contributed by atoms with E-state index in [4.69, 9.17) is 18.9 Å². The third kappa shape index (κ3) is 3.09. The van der Waals surface area contributed by atoms with Gasteiger partial charge in [0.25, 0.3) is 0 Å². The first-order valence-corrected chi connectivity index (χ1v) is 10.3. The molecule has 0 radical (unpaired) electrons. The van der Waals surface area contributed by atoms with E-state index in [0.717, 1.165) is 12.0 Å². The van der Waals surface area contributed by atoms with Gasteiger partial charge in [0.1, 0.15) is 11.3 Å². The number of hydrogen-bond donors (Lipinski definition) is 0. The average Bonchev–Trinajstić information content (AvgIpc) is 3.08. The van der Waals surface area contributed by atoms with Crippen LogP contribution in [0.15, 0.2) is 40.4 Å². The van der Waals surface area contributed by atoms with Gasteiger partial charge in [-0.1, -0.05) is 39.8 Å². The van der Waals surface area contributed by atoms with Crippen molar-refractivity contribution in [2.75, 3.05) is 31.1 Å². The standard InChI is InChI=1S/C18H18BrNO7S/c1-4-26-16(23)18(9-19)12(14(21)24-2)13(15(22)25-3)20-10-7-5-6-8-11(10)28-17(20)27-18/h5-8,17H,4,9H2,1-3H3. The van der Waals surface area contributed by atoms with Crippen molar-refractivity contribution >= 4 is 51.3 Å². The number of nitrogens with zero attached hydrogens (tertiary/aromatic N) is 1. The van der Waals surface area contributed by atoms with Crippen LogP contribution in [-0.2, 0) is 33.3 Å². The number of fused-ring (bicyclic) bond motifs is 3. The molecule has 28 heavy (non-hydrogen) atoms. The van der Waals surface area contributed by atoms with Gasteiger partial charge in [0.2, 0.25) is 5.60 Å². The van der Waals surface area contributed by atoms with Gasteiger partial charge in [-0.25, -0.2) is 14.4 Å². The molecule has 0 amide bonds. The highest BCUT2D eigenvalue weighted by atomic mass is 79.9. The number of esters is 3. The molecule has 2 unspecified atom stereocenters. The van der Waals surface area contributed by atoms with E-state index in [-0.39, 0.29) is 23.2 Å². The lowest BCUT2D eigenvalue weighted by atomic mass is 9.91. The number of rotatable bonds is 5. The Balaban J connectivity index is 2.32. The molecule has 0 aromatic heterocycles. The van der Waals surface area contributed by atoms with Crippen LogP contribution in [0, 0.1) is 0 Å². The highest BCUT2D eigenvalue weighted by molar-refractivity contribution is 9.09. The van der Waals surface area contributed by atoms with Crippen molar-refractivity contribution in [1.29, 1.82) is 0 Å². The molecule has 3 rings (SSSR count). The molecule has 0 fully saturated rings. The number of para-hydroxylation sites is 1. The van der Waals surface area contributed by atoms with E-state index in [1.54, 1.807) is 19.1 Å². The van der Waals surface area contributed by atoms with Crippen LogP contribution in [0.25, 0.3) is 0 Å². The Morgan fingerprint density at radius 1 is 1.21 bits per heavy atom. The second-order valence-corrected chi connectivity index (χ2v) is 7.41. The first kappa shape index (κ1) is 20.7. The van der Waals surface area contributed by atoms with Gasteiger partial charge >= 0.3 is 17.9 Å². The topological polar surface area (TPSA) is 91.4 Å². The maximum atomic E-state index is 12.9. The number of methoxy groups -OCH3 is 2. The first-order chi connectivity index (χ1) is 13.4. The molecule has 0 saturated carbocycles. The van der Waals surface area contributed by atoms with Crippen LogP contribution in [0.1, 0.15) is 6.92 Å². The molecular formula is C18H18BrNO7S.